The van der Waals surface area contributed by atoms with Crippen molar-refractivity contribution in [3.8, 4) is 6.07 Å². The van der Waals surface area contributed by atoms with Gasteiger partial charge in [0.15, 0.2) is 0 Å². The van der Waals surface area contributed by atoms with Crippen molar-refractivity contribution < 1.29 is 22.7 Å². The van der Waals surface area contributed by atoms with Gasteiger partial charge in [0, 0.05) is 37.6 Å². The minimum Gasteiger partial charge on any atom is -0.466 e. The Morgan fingerprint density at radius 3 is 2.67 bits per heavy atom. The maximum Gasteiger partial charge on any atom is 0.416 e. The molecule has 0 spiro atoms. The van der Waals surface area contributed by atoms with Gasteiger partial charge in [-0.1, -0.05) is 12.1 Å². The van der Waals surface area contributed by atoms with E-state index in [9.17, 15) is 28.0 Å². The van der Waals surface area contributed by atoms with Crippen LogP contribution in [0.2, 0.25) is 0 Å². The Kier molecular flexibility index (Phi) is 7.94. The molecule has 1 fully saturated rings. The molecule has 0 radical (unpaired) electrons. The number of nitrogens with one attached hydrogen (secondary N) is 2. The maximum absolute atomic E-state index is 13.6. The largest absolute Gasteiger partial charge is 0.466 e. The van der Waals surface area contributed by atoms with Crippen molar-refractivity contribution in [3.05, 3.63) is 86.5 Å². The second kappa shape index (κ2) is 11.5. The molecule has 1 unspecified atom stereocenters. The number of nitriles is 1. The number of carbonyl (C=O) groups excluding carboxylic acids is 1. The number of benzene rings is 2. The number of rotatable bonds is 8. The average molecular weight is 582 g/mol. The fourth-order valence-electron chi connectivity index (χ4n) is 5.79. The van der Waals surface area contributed by atoms with E-state index in [1.165, 1.54) is 28.7 Å². The summed E-state index contributed by atoms with van der Waals surface area (Å²) in [6, 6.07) is 10.8. The normalized spacial score (nSPS) is 17.5. The molecule has 1 aromatic heterocycles. The zero-order valence-corrected chi connectivity index (χ0v) is 23.3. The lowest BCUT2D eigenvalue weighted by Gasteiger charge is -2.39. The number of aromatic amines is 1. The van der Waals surface area contributed by atoms with E-state index in [1.54, 1.807) is 25.1 Å². The molecule has 13 heteroatoms. The second-order valence-corrected chi connectivity index (χ2v) is 10.4. The van der Waals surface area contributed by atoms with Crippen molar-refractivity contribution in [2.45, 2.75) is 25.6 Å². The summed E-state index contributed by atoms with van der Waals surface area (Å²) in [5, 5.41) is 19.3. The minimum absolute atomic E-state index is 0.0161. The van der Waals surface area contributed by atoms with Gasteiger partial charge in [0.2, 0.25) is 5.95 Å². The Morgan fingerprint density at radius 2 is 2.00 bits per heavy atom. The molecule has 0 aliphatic carbocycles. The molecule has 3 aromatic rings. The summed E-state index contributed by atoms with van der Waals surface area (Å²) in [6.07, 6.45) is -4.07. The van der Waals surface area contributed by atoms with E-state index in [-0.39, 0.29) is 22.9 Å². The number of hydrogen-bond acceptors (Lipinski definition) is 8. The van der Waals surface area contributed by atoms with Crippen LogP contribution in [0.5, 0.6) is 0 Å². The number of hydrogen-bond donors (Lipinski definition) is 2. The third kappa shape index (κ3) is 5.31. The van der Waals surface area contributed by atoms with Crippen LogP contribution in [0.3, 0.4) is 0 Å². The predicted octanol–water partition coefficient (Wildman–Crippen LogP) is 3.34. The van der Waals surface area contributed by atoms with Crippen molar-refractivity contribution >= 4 is 17.6 Å². The monoisotopic (exact) mass is 581 g/mol. The van der Waals surface area contributed by atoms with Gasteiger partial charge >= 0.3 is 17.8 Å². The molecular weight excluding hydrogens is 551 g/mol. The molecule has 2 aliphatic heterocycles. The summed E-state index contributed by atoms with van der Waals surface area (Å²) in [5.74, 6) is -0.174. The highest BCUT2D eigenvalue weighted by Gasteiger charge is 2.41. The summed E-state index contributed by atoms with van der Waals surface area (Å²) >= 11 is 0. The third-order valence-corrected chi connectivity index (χ3v) is 7.77. The van der Waals surface area contributed by atoms with Crippen LogP contribution < -0.4 is 15.9 Å². The fourth-order valence-corrected chi connectivity index (χ4v) is 5.79. The van der Waals surface area contributed by atoms with Gasteiger partial charge < -0.3 is 15.0 Å². The number of H-pyrrole nitrogens is 1. The Morgan fingerprint density at radius 1 is 1.24 bits per heavy atom. The summed E-state index contributed by atoms with van der Waals surface area (Å²) in [4.78, 5) is 30.3. The first kappa shape index (κ1) is 29.1. The molecule has 42 heavy (non-hydrogen) atoms. The standard InChI is InChI=1S/C29H30F3N7O3/c1-17-24(26(40)42-3)25(23-8-7-18(13-33)11-20(23)9-10-37-15-19(16-37)14-34-2)39-27(35-36-28(39)41)38(17)22-6-4-5-21(12-22)29(30,31)32/h4-8,11-12,19,25,34H,9-10,14-16H2,1-3H3,(H,36,41). The SMILES string of the molecule is CNCC1CN(CCc2cc(C#N)ccc2C2C(C(=O)OC)=C(C)N(c3cccc(C(F)(F)F)c3)c3n[nH]c(=O)n32)C1. The highest BCUT2D eigenvalue weighted by molar-refractivity contribution is 5.93. The first-order valence-electron chi connectivity index (χ1n) is 13.4. The van der Waals surface area contributed by atoms with E-state index in [1.807, 2.05) is 7.05 Å². The number of aromatic nitrogens is 3. The van der Waals surface area contributed by atoms with Gasteiger partial charge in [0.1, 0.15) is 6.04 Å². The van der Waals surface area contributed by atoms with Crippen molar-refractivity contribution in [2.24, 2.45) is 5.92 Å². The number of esters is 1. The maximum atomic E-state index is 13.6. The number of nitrogens with zero attached hydrogens (tertiary/aromatic N) is 5. The summed E-state index contributed by atoms with van der Waals surface area (Å²) in [7, 11) is 3.12. The van der Waals surface area contributed by atoms with Crippen molar-refractivity contribution in [2.75, 3.05) is 45.2 Å². The number of halogens is 3. The first-order chi connectivity index (χ1) is 20.1. The number of ether oxygens (including phenoxy) is 1. The van der Waals surface area contributed by atoms with Gasteiger partial charge in [0.25, 0.3) is 0 Å². The lowest BCUT2D eigenvalue weighted by Crippen LogP contribution is -2.50. The molecule has 0 saturated carbocycles. The Bertz CT molecular complexity index is 1630. The number of fused-ring (bicyclic) bond motifs is 1. The molecule has 3 heterocycles. The van der Waals surface area contributed by atoms with E-state index < -0.39 is 29.4 Å². The zero-order valence-electron chi connectivity index (χ0n) is 23.3. The zero-order chi connectivity index (χ0) is 30.2. The highest BCUT2D eigenvalue weighted by Crippen LogP contribution is 2.43. The molecule has 5 rings (SSSR count). The van der Waals surface area contributed by atoms with E-state index in [0.717, 1.165) is 37.3 Å². The van der Waals surface area contributed by atoms with Crippen LogP contribution in [-0.4, -0.2) is 66.0 Å². The molecule has 2 aliphatic rings. The molecule has 1 saturated heterocycles. The number of carbonyl (C=O) groups is 1. The number of methoxy groups -OCH3 is 1. The highest BCUT2D eigenvalue weighted by atomic mass is 19.4. The molecule has 220 valence electrons. The number of allylic oxidation sites excluding steroid dienone is 1. The minimum atomic E-state index is -4.61. The molecule has 2 N–H and O–H groups in total. The van der Waals surface area contributed by atoms with Gasteiger partial charge in [-0.15, -0.1) is 5.10 Å². The van der Waals surface area contributed by atoms with Crippen LogP contribution in [-0.2, 0) is 22.1 Å². The smallest absolute Gasteiger partial charge is 0.416 e. The van der Waals surface area contributed by atoms with Crippen LogP contribution in [0.4, 0.5) is 24.8 Å². The molecule has 0 amide bonds. The second-order valence-electron chi connectivity index (χ2n) is 10.4. The number of anilines is 2. The fraction of sp³-hybridized carbons (Fsp3) is 0.379. The van der Waals surface area contributed by atoms with Gasteiger partial charge in [-0.25, -0.2) is 19.3 Å². The van der Waals surface area contributed by atoms with Crippen LogP contribution in [0.15, 0.2) is 58.5 Å². The number of likely N-dealkylation sites (tertiary alicyclic amines) is 1. The van der Waals surface area contributed by atoms with Gasteiger partial charge in [-0.05, 0) is 67.8 Å². The van der Waals surface area contributed by atoms with Crippen molar-refractivity contribution in [1.82, 2.24) is 25.0 Å². The Balaban J connectivity index is 1.63. The van der Waals surface area contributed by atoms with Crippen LogP contribution in [0.25, 0.3) is 0 Å². The summed E-state index contributed by atoms with van der Waals surface area (Å²) in [6.45, 7) is 5.07. The molecular formula is C29H30F3N7O3. The van der Waals surface area contributed by atoms with Crippen LogP contribution in [0, 0.1) is 17.2 Å². The van der Waals surface area contributed by atoms with Crippen LogP contribution in [0.1, 0.15) is 35.2 Å². The van der Waals surface area contributed by atoms with Gasteiger partial charge in [-0.2, -0.15) is 18.4 Å². The van der Waals surface area contributed by atoms with E-state index >= 15 is 0 Å². The van der Waals surface area contributed by atoms with Crippen molar-refractivity contribution in [1.29, 1.82) is 5.26 Å². The van der Waals surface area contributed by atoms with Crippen LogP contribution >= 0.6 is 0 Å². The van der Waals surface area contributed by atoms with Gasteiger partial charge in [-0.3, -0.25) is 4.90 Å². The van der Waals surface area contributed by atoms with Crippen molar-refractivity contribution in [3.63, 3.8) is 0 Å². The average Bonchev–Trinajstić information content (AvgIpc) is 3.33. The predicted molar refractivity (Wildman–Crippen MR) is 148 cm³/mol. The topological polar surface area (TPSA) is 119 Å². The number of alkyl halides is 3. The lowest BCUT2D eigenvalue weighted by atomic mass is 9.88. The Labute approximate surface area is 240 Å². The van der Waals surface area contributed by atoms with Gasteiger partial charge in [0.05, 0.1) is 29.9 Å². The van der Waals surface area contributed by atoms with E-state index in [0.29, 0.717) is 30.0 Å². The summed E-state index contributed by atoms with van der Waals surface area (Å²) in [5.41, 5.74) is 0.611. The molecule has 2 aromatic carbocycles. The first-order valence-corrected chi connectivity index (χ1v) is 13.4. The molecule has 10 nitrogen and oxygen atoms in total. The molecule has 0 bridgehead atoms. The lowest BCUT2D eigenvalue weighted by molar-refractivity contribution is -0.138. The van der Waals surface area contributed by atoms with E-state index in [2.05, 4.69) is 26.5 Å². The summed E-state index contributed by atoms with van der Waals surface area (Å²) < 4.78 is 47.1. The quantitative estimate of drug-likeness (QED) is 0.389. The molecule has 1 atom stereocenters. The van der Waals surface area contributed by atoms with E-state index in [4.69, 9.17) is 4.74 Å². The Hall–Kier alpha value is -4.41. The third-order valence-electron chi connectivity index (χ3n) is 7.77.